The molecule has 0 radical (unpaired) electrons. The molecule has 0 heterocycles. The number of benzene rings is 1. The molecule has 0 N–H and O–H groups in total. The van der Waals surface area contributed by atoms with Gasteiger partial charge in [0.2, 0.25) is 10.0 Å². The van der Waals surface area contributed by atoms with Gasteiger partial charge >= 0.3 is 0 Å². The lowest BCUT2D eigenvalue weighted by atomic mass is 9.96. The minimum Gasteiger partial charge on any atom is -0.207 e. The van der Waals surface area contributed by atoms with E-state index >= 15 is 0 Å². The van der Waals surface area contributed by atoms with Crippen LogP contribution in [0.5, 0.6) is 0 Å². The van der Waals surface area contributed by atoms with Crippen LogP contribution in [0.3, 0.4) is 0 Å². The molecule has 0 aliphatic heterocycles. The monoisotopic (exact) mass is 349 g/mol. The Hall–Kier alpha value is -0.460. The van der Waals surface area contributed by atoms with Crippen LogP contribution < -0.4 is 0 Å². The van der Waals surface area contributed by atoms with Crippen LogP contribution in [0.2, 0.25) is 0 Å². The van der Waals surface area contributed by atoms with Gasteiger partial charge in [0.1, 0.15) is 5.82 Å². The largest absolute Gasteiger partial charge is 0.243 e. The van der Waals surface area contributed by atoms with E-state index in [2.05, 4.69) is 15.9 Å². The van der Waals surface area contributed by atoms with E-state index < -0.39 is 15.8 Å². The minimum atomic E-state index is -3.61. The molecular formula is C13H17BrFNO2S. The Morgan fingerprint density at radius 2 is 1.89 bits per heavy atom. The van der Waals surface area contributed by atoms with E-state index in [9.17, 15) is 12.8 Å². The van der Waals surface area contributed by atoms with E-state index in [1.54, 1.807) is 7.05 Å². The van der Waals surface area contributed by atoms with Gasteiger partial charge < -0.3 is 0 Å². The molecule has 1 aromatic carbocycles. The first kappa shape index (κ1) is 14.9. The topological polar surface area (TPSA) is 37.4 Å². The van der Waals surface area contributed by atoms with Crippen molar-refractivity contribution in [2.24, 2.45) is 0 Å². The van der Waals surface area contributed by atoms with Gasteiger partial charge in [0.15, 0.2) is 0 Å². The lowest BCUT2D eigenvalue weighted by Gasteiger charge is -2.30. The zero-order chi connectivity index (χ0) is 14.0. The first-order valence-electron chi connectivity index (χ1n) is 6.36. The Morgan fingerprint density at radius 3 is 2.47 bits per heavy atom. The van der Waals surface area contributed by atoms with Crippen LogP contribution in [0.1, 0.15) is 32.1 Å². The fraction of sp³-hybridized carbons (Fsp3) is 0.538. The second kappa shape index (κ2) is 5.89. The van der Waals surface area contributed by atoms with E-state index in [-0.39, 0.29) is 15.4 Å². The van der Waals surface area contributed by atoms with Gasteiger partial charge in [-0.2, -0.15) is 4.31 Å². The second-order valence-corrected chi connectivity index (χ2v) is 7.74. The molecule has 19 heavy (non-hydrogen) atoms. The maximum absolute atomic E-state index is 13.5. The first-order valence-corrected chi connectivity index (χ1v) is 8.59. The molecule has 3 nitrogen and oxygen atoms in total. The van der Waals surface area contributed by atoms with Crippen LogP contribution in [0.4, 0.5) is 4.39 Å². The van der Waals surface area contributed by atoms with Gasteiger partial charge in [-0.3, -0.25) is 0 Å². The van der Waals surface area contributed by atoms with E-state index in [0.29, 0.717) is 0 Å². The Balaban J connectivity index is 2.27. The van der Waals surface area contributed by atoms with Crippen LogP contribution in [0.15, 0.2) is 27.6 Å². The van der Waals surface area contributed by atoms with Gasteiger partial charge in [-0.1, -0.05) is 19.3 Å². The van der Waals surface area contributed by atoms with Crippen molar-refractivity contribution in [3.05, 3.63) is 28.5 Å². The predicted octanol–water partition coefficient (Wildman–Crippen LogP) is 3.54. The Bertz CT molecular complexity index is 556. The number of hydrogen-bond donors (Lipinski definition) is 0. The zero-order valence-electron chi connectivity index (χ0n) is 10.8. The highest BCUT2D eigenvalue weighted by Crippen LogP contribution is 2.27. The second-order valence-electron chi connectivity index (χ2n) is 4.89. The summed E-state index contributed by atoms with van der Waals surface area (Å²) >= 11 is 3.03. The molecule has 1 aliphatic carbocycles. The van der Waals surface area contributed by atoms with Crippen LogP contribution in [-0.4, -0.2) is 25.8 Å². The van der Waals surface area contributed by atoms with Crippen molar-refractivity contribution < 1.29 is 12.8 Å². The number of halogens is 2. The maximum atomic E-state index is 13.5. The number of sulfonamides is 1. The quantitative estimate of drug-likeness (QED) is 0.836. The highest BCUT2D eigenvalue weighted by atomic mass is 79.9. The molecule has 1 aromatic rings. The van der Waals surface area contributed by atoms with Gasteiger partial charge in [0.25, 0.3) is 0 Å². The van der Waals surface area contributed by atoms with Crippen LogP contribution in [0, 0.1) is 5.82 Å². The number of rotatable bonds is 3. The molecule has 0 atom stereocenters. The fourth-order valence-electron chi connectivity index (χ4n) is 2.44. The summed E-state index contributed by atoms with van der Waals surface area (Å²) in [5.74, 6) is -0.557. The smallest absolute Gasteiger partial charge is 0.207 e. The molecule has 0 unspecified atom stereocenters. The van der Waals surface area contributed by atoms with Gasteiger partial charge in [0, 0.05) is 13.1 Å². The molecular weight excluding hydrogens is 333 g/mol. The molecule has 1 aliphatic rings. The Kier molecular flexibility index (Phi) is 4.63. The maximum Gasteiger partial charge on any atom is 0.243 e. The third-order valence-electron chi connectivity index (χ3n) is 3.66. The van der Waals surface area contributed by atoms with E-state index in [1.807, 2.05) is 0 Å². The van der Waals surface area contributed by atoms with Crippen LogP contribution in [-0.2, 0) is 10.0 Å². The first-order chi connectivity index (χ1) is 8.93. The average Bonchev–Trinajstić information content (AvgIpc) is 2.41. The van der Waals surface area contributed by atoms with Crippen molar-refractivity contribution in [3.63, 3.8) is 0 Å². The SMILES string of the molecule is CN(C1CCCCC1)S(=O)(=O)c1ccc(Br)c(F)c1. The highest BCUT2D eigenvalue weighted by molar-refractivity contribution is 9.10. The van der Waals surface area contributed by atoms with Crippen molar-refractivity contribution in [2.75, 3.05) is 7.05 Å². The lowest BCUT2D eigenvalue weighted by molar-refractivity contribution is 0.285. The molecule has 1 fully saturated rings. The normalized spacial score (nSPS) is 17.9. The minimum absolute atomic E-state index is 0.0151. The molecule has 0 saturated heterocycles. The summed E-state index contributed by atoms with van der Waals surface area (Å²) in [6.07, 6.45) is 5.04. The molecule has 1 saturated carbocycles. The van der Waals surface area contributed by atoms with E-state index in [0.717, 1.165) is 38.2 Å². The highest BCUT2D eigenvalue weighted by Gasteiger charge is 2.29. The van der Waals surface area contributed by atoms with Crippen molar-refractivity contribution in [3.8, 4) is 0 Å². The summed E-state index contributed by atoms with van der Waals surface area (Å²) in [6, 6.07) is 3.96. The molecule has 106 valence electrons. The summed E-state index contributed by atoms with van der Waals surface area (Å²) in [7, 11) is -2.02. The molecule has 0 spiro atoms. The third-order valence-corrected chi connectivity index (χ3v) is 6.21. The molecule has 2 rings (SSSR count). The van der Waals surface area contributed by atoms with Gasteiger partial charge in [-0.05, 0) is 47.0 Å². The molecule has 6 heteroatoms. The van der Waals surface area contributed by atoms with E-state index in [1.165, 1.54) is 16.4 Å². The summed E-state index contributed by atoms with van der Waals surface area (Å²) in [6.45, 7) is 0. The number of nitrogens with zero attached hydrogens (tertiary/aromatic N) is 1. The zero-order valence-corrected chi connectivity index (χ0v) is 13.2. The molecule has 0 bridgehead atoms. The fourth-order valence-corrected chi connectivity index (χ4v) is 4.12. The molecule has 0 amide bonds. The van der Waals surface area contributed by atoms with Gasteiger partial charge in [0.05, 0.1) is 9.37 Å². The van der Waals surface area contributed by atoms with Crippen molar-refractivity contribution >= 4 is 26.0 Å². The van der Waals surface area contributed by atoms with Gasteiger partial charge in [-0.15, -0.1) is 0 Å². The van der Waals surface area contributed by atoms with Gasteiger partial charge in [-0.25, -0.2) is 12.8 Å². The van der Waals surface area contributed by atoms with Crippen molar-refractivity contribution in [1.82, 2.24) is 4.31 Å². The predicted molar refractivity (Wildman–Crippen MR) is 75.9 cm³/mol. The van der Waals surface area contributed by atoms with Crippen molar-refractivity contribution in [2.45, 2.75) is 43.0 Å². The van der Waals surface area contributed by atoms with Crippen LogP contribution in [0.25, 0.3) is 0 Å². The average molecular weight is 350 g/mol. The summed E-state index contributed by atoms with van der Waals surface area (Å²) in [5.41, 5.74) is 0. The van der Waals surface area contributed by atoms with Crippen molar-refractivity contribution in [1.29, 1.82) is 0 Å². The summed E-state index contributed by atoms with van der Waals surface area (Å²) < 4.78 is 40.0. The van der Waals surface area contributed by atoms with E-state index in [4.69, 9.17) is 0 Å². The third kappa shape index (κ3) is 3.17. The van der Waals surface area contributed by atoms with Crippen LogP contribution >= 0.6 is 15.9 Å². The Morgan fingerprint density at radius 1 is 1.26 bits per heavy atom. The standard InChI is InChI=1S/C13H17BrFNO2S/c1-16(10-5-3-2-4-6-10)19(17,18)11-7-8-12(14)13(15)9-11/h7-10H,2-6H2,1H3. The molecule has 0 aromatic heterocycles. The summed E-state index contributed by atoms with van der Waals surface area (Å²) in [4.78, 5) is 0.0151. The Labute approximate surface area is 122 Å². The number of hydrogen-bond acceptors (Lipinski definition) is 2. The lowest BCUT2D eigenvalue weighted by Crippen LogP contribution is -2.38. The summed E-state index contributed by atoms with van der Waals surface area (Å²) in [5, 5.41) is 0.